The molecule has 0 aliphatic carbocycles. The zero-order chi connectivity index (χ0) is 14.3. The van der Waals surface area contributed by atoms with Crippen LogP contribution in [-0.4, -0.2) is 134 Å². The zero-order valence-corrected chi connectivity index (χ0v) is 20.8. The van der Waals surface area contributed by atoms with Gasteiger partial charge in [0.2, 0.25) is 0 Å². The largest absolute Gasteiger partial charge is 1.00 e. The van der Waals surface area contributed by atoms with Crippen LogP contribution in [0.15, 0.2) is 0 Å². The fraction of sp³-hybridized carbons (Fsp3) is 0. The Morgan fingerprint density at radius 2 is 0.321 bits per heavy atom. The number of rotatable bonds is 0. The summed E-state index contributed by atoms with van der Waals surface area (Å²) in [4.78, 5) is 0. The maximum atomic E-state index is 8.53. The van der Waals surface area contributed by atoms with Crippen LogP contribution in [0, 0.1) is 0 Å². The van der Waals surface area contributed by atoms with Crippen molar-refractivity contribution in [1.29, 1.82) is 0 Å². The summed E-state index contributed by atoms with van der Waals surface area (Å²) in [6, 6.07) is 0. The fourth-order valence-electron chi connectivity index (χ4n) is 0. The molecule has 22 nitrogen and oxygen atoms in total. The van der Waals surface area contributed by atoms with Crippen LogP contribution in [0.3, 0.4) is 0 Å². The Labute approximate surface area is 243 Å². The first kappa shape index (κ1) is 126. The summed E-state index contributed by atoms with van der Waals surface area (Å²) in [6.07, 6.45) is 0. The van der Waals surface area contributed by atoms with Gasteiger partial charge in [-0.2, -0.15) is 0 Å². The van der Waals surface area contributed by atoms with Gasteiger partial charge in [-0.15, -0.1) is 0 Å². The van der Waals surface area contributed by atoms with Crippen LogP contribution in [0.25, 0.3) is 0 Å². The summed E-state index contributed by atoms with van der Waals surface area (Å²) in [5.74, 6) is 0. The molecule has 0 aromatic heterocycles. The van der Waals surface area contributed by atoms with Gasteiger partial charge in [-0.1, -0.05) is 0 Å². The molecule has 0 rings (SSSR count). The van der Waals surface area contributed by atoms with E-state index in [0.29, 0.717) is 0 Å². The summed E-state index contributed by atoms with van der Waals surface area (Å²) in [6.45, 7) is 0. The van der Waals surface area contributed by atoms with Gasteiger partial charge in [0, 0.05) is 0 Å². The molecule has 0 bridgehead atoms. The van der Waals surface area contributed by atoms with Crippen LogP contribution in [0.5, 0.6) is 0 Å². The molecule has 28 heavy (non-hydrogen) atoms. The van der Waals surface area contributed by atoms with E-state index in [9.17, 15) is 0 Å². The molecule has 176 valence electrons. The van der Waals surface area contributed by atoms with Crippen molar-refractivity contribution in [3.05, 3.63) is 0 Å². The third-order valence-electron chi connectivity index (χ3n) is 0. The molecule has 28 heteroatoms. The zero-order valence-electron chi connectivity index (χ0n) is 14.6. The van der Waals surface area contributed by atoms with Gasteiger partial charge in [-0.25, -0.2) is 0 Å². The van der Waals surface area contributed by atoms with Crippen LogP contribution in [0.2, 0.25) is 0 Å². The molecule has 30 N–H and O–H groups in total. The molecular formula is H30B4K2O22. The van der Waals surface area contributed by atoms with Gasteiger partial charge in [0.05, 0.1) is 7.32 Å². The van der Waals surface area contributed by atoms with E-state index >= 15 is 0 Å². The molecule has 0 saturated heterocycles. The molecule has 0 aromatic carbocycles. The van der Waals surface area contributed by atoms with E-state index in [0.717, 1.165) is 0 Å². The minimum absolute atomic E-state index is 0. The van der Waals surface area contributed by atoms with Crippen molar-refractivity contribution in [2.75, 3.05) is 0 Å². The maximum absolute atomic E-state index is 8.53. The first-order valence-corrected chi connectivity index (χ1v) is 3.05. The molecule has 0 amide bonds. The van der Waals surface area contributed by atoms with E-state index in [1.54, 1.807) is 0 Å². The molecule has 0 heterocycles. The van der Waals surface area contributed by atoms with Crippen molar-refractivity contribution in [2.45, 2.75) is 0 Å². The first-order chi connectivity index (χ1) is 6.93. The molecule has 0 fully saturated rings. The molecule has 0 aromatic rings. The van der Waals surface area contributed by atoms with Gasteiger partial charge >= 0.3 is 125 Å². The van der Waals surface area contributed by atoms with E-state index in [1.807, 2.05) is 0 Å². The molecule has 0 atom stereocenters. The quantitative estimate of drug-likeness (QED) is 0.138. The van der Waals surface area contributed by atoms with E-state index in [2.05, 4.69) is 0 Å². The molecular weight excluding hydrogens is 473 g/mol. The van der Waals surface area contributed by atoms with Crippen LogP contribution in [-0.2, 0) is 0 Å². The second-order valence-corrected chi connectivity index (χ2v) is 1.35. The second kappa shape index (κ2) is 113. The molecule has 0 spiro atoms. The first-order valence-electron chi connectivity index (χ1n) is 3.05. The Morgan fingerprint density at radius 3 is 0.321 bits per heavy atom. The Balaban J connectivity index is -0.00000000429. The fourth-order valence-corrected chi connectivity index (χ4v) is 0. The van der Waals surface area contributed by atoms with E-state index in [1.165, 1.54) is 0 Å². The minimum Gasteiger partial charge on any atom is -0.871 e. The Kier molecular flexibility index (Phi) is 508. The van der Waals surface area contributed by atoms with Gasteiger partial charge in [-0.3, -0.25) is 0 Å². The average molecular weight is 504 g/mol. The van der Waals surface area contributed by atoms with E-state index in [-0.39, 0.29) is 158 Å². The molecule has 0 radical (unpaired) electrons. The van der Waals surface area contributed by atoms with Crippen molar-refractivity contribution < 1.29 is 218 Å². The topological polar surface area (TPSA) is 563 Å². The van der Waals surface area contributed by atoms with E-state index < -0.39 is 29.3 Å². The molecule has 0 aliphatic rings. The molecule has 0 aliphatic heterocycles. The van der Waals surface area contributed by atoms with Gasteiger partial charge in [0.15, 0.2) is 0 Å². The Bertz CT molecular complexity index is 69.5. The van der Waals surface area contributed by atoms with Gasteiger partial charge in [0.25, 0.3) is 0 Å². The molecule has 0 unspecified atom stereocenters. The maximum Gasteiger partial charge on any atom is 1.00 e. The number of hydrogen-bond acceptors (Lipinski definition) is 12. The summed E-state index contributed by atoms with van der Waals surface area (Å²) in [5.41, 5.74) is 0. The average Bonchev–Trinajstić information content (AvgIpc) is 1.76. The van der Waals surface area contributed by atoms with Gasteiger partial charge in [-0.05, 0) is 0 Å². The predicted molar refractivity (Wildman–Crippen MR) is 81.3 cm³/mol. The minimum atomic E-state index is -2.67. The van der Waals surface area contributed by atoms with Crippen molar-refractivity contribution in [3.8, 4) is 0 Å². The Morgan fingerprint density at radius 1 is 0.321 bits per heavy atom. The third-order valence-corrected chi connectivity index (χ3v) is 0. The normalized spacial score (nSPS) is 3.86. The summed E-state index contributed by atoms with van der Waals surface area (Å²) >= 11 is 0. The standard InChI is InChI=1S/3BH3O3.BHO3.2K.10H2O/c4*2-1(3)4;;;;;;;;;;;;/h3*2-4H;2H;;;10*1H2/q;;;-2;2*+1;;;;;;;;;;. The van der Waals surface area contributed by atoms with E-state index in [4.69, 9.17) is 60.3 Å². The van der Waals surface area contributed by atoms with Crippen LogP contribution < -0.4 is 113 Å². The van der Waals surface area contributed by atoms with Gasteiger partial charge in [0.1, 0.15) is 0 Å². The molecule has 0 saturated carbocycles. The third kappa shape index (κ3) is 3110. The second-order valence-electron chi connectivity index (χ2n) is 1.35. The summed E-state index contributed by atoms with van der Waals surface area (Å²) in [5, 5.41) is 88.5. The van der Waals surface area contributed by atoms with Crippen LogP contribution in [0.1, 0.15) is 0 Å². The van der Waals surface area contributed by atoms with Crippen molar-refractivity contribution in [3.63, 3.8) is 0 Å². The Hall–Kier alpha value is 2.65. The van der Waals surface area contributed by atoms with Crippen molar-refractivity contribution >= 4 is 29.3 Å². The van der Waals surface area contributed by atoms with Crippen LogP contribution >= 0.6 is 0 Å². The number of hydrogen-bond donors (Lipinski definition) is 10. The monoisotopic (exact) mass is 504 g/mol. The van der Waals surface area contributed by atoms with Gasteiger partial charge < -0.3 is 115 Å². The predicted octanol–water partition coefficient (Wildman–Crippen LogP) is -23.7. The summed E-state index contributed by atoms with van der Waals surface area (Å²) < 4.78 is 0. The smallest absolute Gasteiger partial charge is 0.871 e. The van der Waals surface area contributed by atoms with Crippen LogP contribution in [0.4, 0.5) is 0 Å². The summed E-state index contributed by atoms with van der Waals surface area (Å²) in [7, 11) is -9.17. The SMILES string of the molecule is O.O.O.O.O.O.O.O.O.O.OB(O)O.OB(O)O.OB(O)O.[K+].[K+].[O-]B([O-])O. The van der Waals surface area contributed by atoms with Crippen molar-refractivity contribution in [2.24, 2.45) is 0 Å². The van der Waals surface area contributed by atoms with Crippen molar-refractivity contribution in [1.82, 2.24) is 0 Å².